The topological polar surface area (TPSA) is 77.6 Å². The number of aliphatic hydroxyl groups is 1. The third-order valence-electron chi connectivity index (χ3n) is 5.93. The van der Waals surface area contributed by atoms with E-state index in [1.807, 2.05) is 32.9 Å². The summed E-state index contributed by atoms with van der Waals surface area (Å²) < 4.78 is 5.46. The van der Waals surface area contributed by atoms with Crippen molar-refractivity contribution in [3.05, 3.63) is 61.5 Å². The van der Waals surface area contributed by atoms with Crippen LogP contribution in [0.4, 0.5) is 5.69 Å². The summed E-state index contributed by atoms with van der Waals surface area (Å²) in [5.41, 5.74) is 4.92. The molecule has 0 aliphatic carbocycles. The van der Waals surface area contributed by atoms with Gasteiger partial charge in [-0.05, 0) is 68.9 Å². The van der Waals surface area contributed by atoms with E-state index in [9.17, 15) is 9.90 Å². The first kappa shape index (κ1) is 22.8. The number of halogens is 1. The highest BCUT2D eigenvalue weighted by Crippen LogP contribution is 2.31. The summed E-state index contributed by atoms with van der Waals surface area (Å²) >= 11 is 6.40. The smallest absolute Gasteiger partial charge is 0.252 e. The van der Waals surface area contributed by atoms with Crippen LogP contribution in [0, 0.1) is 26.7 Å². The molecule has 1 atom stereocenters. The Hall–Kier alpha value is -1.86. The average Bonchev–Trinajstić information content (AvgIpc) is 2.69. The van der Waals surface area contributed by atoms with Crippen molar-refractivity contribution in [2.45, 2.75) is 46.4 Å². The van der Waals surface area contributed by atoms with Crippen molar-refractivity contribution in [3.8, 4) is 0 Å². The van der Waals surface area contributed by atoms with Crippen LogP contribution in [0.1, 0.15) is 47.0 Å². The molecule has 1 unspecified atom stereocenters. The van der Waals surface area contributed by atoms with Crippen LogP contribution in [0.2, 0.25) is 5.02 Å². The minimum atomic E-state index is -0.931. The molecular weight excluding hydrogens is 402 g/mol. The number of aromatic nitrogens is 1. The van der Waals surface area contributed by atoms with Gasteiger partial charge in [0.2, 0.25) is 0 Å². The maximum absolute atomic E-state index is 12.2. The Morgan fingerprint density at radius 1 is 1.27 bits per heavy atom. The Labute approximate surface area is 183 Å². The molecule has 0 spiro atoms. The van der Waals surface area contributed by atoms with Crippen molar-refractivity contribution < 1.29 is 9.84 Å². The third kappa shape index (κ3) is 5.43. The van der Waals surface area contributed by atoms with Gasteiger partial charge in [0.25, 0.3) is 5.56 Å². The highest BCUT2D eigenvalue weighted by atomic mass is 35.5. The lowest BCUT2D eigenvalue weighted by molar-refractivity contribution is 0.0685. The molecule has 1 aromatic carbocycles. The maximum atomic E-state index is 12.2. The second-order valence-corrected chi connectivity index (χ2v) is 8.74. The zero-order valence-electron chi connectivity index (χ0n) is 18.2. The zero-order chi connectivity index (χ0) is 21.8. The molecule has 164 valence electrons. The molecular formula is C23H32ClN3O3. The van der Waals surface area contributed by atoms with Gasteiger partial charge in [0.05, 0.1) is 0 Å². The number of nitrogens with zero attached hydrogens (tertiary/aromatic N) is 1. The van der Waals surface area contributed by atoms with Crippen molar-refractivity contribution in [2.24, 2.45) is 5.92 Å². The molecule has 2 heterocycles. The number of nitrogens with one attached hydrogen (secondary N) is 2. The first-order valence-electron chi connectivity index (χ1n) is 10.5. The first-order chi connectivity index (χ1) is 14.3. The summed E-state index contributed by atoms with van der Waals surface area (Å²) in [4.78, 5) is 17.3. The van der Waals surface area contributed by atoms with Crippen LogP contribution in [-0.2, 0) is 11.3 Å². The molecule has 30 heavy (non-hydrogen) atoms. The molecule has 1 saturated heterocycles. The van der Waals surface area contributed by atoms with Crippen molar-refractivity contribution in [3.63, 3.8) is 0 Å². The number of hydrogen-bond acceptors (Lipinski definition) is 5. The molecule has 1 aliphatic heterocycles. The summed E-state index contributed by atoms with van der Waals surface area (Å²) in [7, 11) is 2.06. The number of aliphatic hydroxyl groups excluding tert-OH is 1. The van der Waals surface area contributed by atoms with Gasteiger partial charge < -0.3 is 19.7 Å². The molecule has 1 fully saturated rings. The van der Waals surface area contributed by atoms with E-state index in [4.69, 9.17) is 16.3 Å². The van der Waals surface area contributed by atoms with E-state index in [2.05, 4.69) is 22.2 Å². The number of H-pyrrole nitrogens is 1. The second-order valence-electron chi connectivity index (χ2n) is 8.30. The summed E-state index contributed by atoms with van der Waals surface area (Å²) in [6.07, 6.45) is 1.19. The molecule has 1 aromatic heterocycles. The predicted octanol–water partition coefficient (Wildman–Crippen LogP) is 3.60. The number of rotatable bonds is 7. The van der Waals surface area contributed by atoms with Crippen LogP contribution in [-0.4, -0.2) is 36.9 Å². The first-order valence-corrected chi connectivity index (χ1v) is 10.8. The lowest BCUT2D eigenvalue weighted by atomic mass is 9.98. The number of aromatic amines is 1. The zero-order valence-corrected chi connectivity index (χ0v) is 19.0. The van der Waals surface area contributed by atoms with Gasteiger partial charge in [-0.3, -0.25) is 10.1 Å². The largest absolute Gasteiger partial charge is 0.381 e. The molecule has 3 N–H and O–H groups in total. The Morgan fingerprint density at radius 3 is 2.63 bits per heavy atom. The summed E-state index contributed by atoms with van der Waals surface area (Å²) in [6.45, 7) is 8.58. The number of aryl methyl sites for hydroxylation is 2. The average molecular weight is 434 g/mol. The van der Waals surface area contributed by atoms with Gasteiger partial charge >= 0.3 is 0 Å². The van der Waals surface area contributed by atoms with Gasteiger partial charge in [-0.2, -0.15) is 0 Å². The van der Waals surface area contributed by atoms with Crippen molar-refractivity contribution in [2.75, 3.05) is 31.7 Å². The maximum Gasteiger partial charge on any atom is 0.252 e. The van der Waals surface area contributed by atoms with Crippen LogP contribution in [0.5, 0.6) is 0 Å². The number of ether oxygens (including phenoxy) is 1. The predicted molar refractivity (Wildman–Crippen MR) is 121 cm³/mol. The van der Waals surface area contributed by atoms with E-state index in [1.54, 1.807) is 6.07 Å². The van der Waals surface area contributed by atoms with E-state index in [0.29, 0.717) is 16.5 Å². The van der Waals surface area contributed by atoms with Gasteiger partial charge in [-0.25, -0.2) is 0 Å². The standard InChI is InChI=1S/C23H32ClN3O3/c1-14-9-15(2)26-23(29)20(14)12-25-22(28)19-10-18(24)11-21(16(19)3)27(4)13-17-5-7-30-8-6-17/h9-11,17,22,25,28H,5-8,12-13H2,1-4H3,(H,26,29). The van der Waals surface area contributed by atoms with Gasteiger partial charge in [0.1, 0.15) is 6.23 Å². The molecule has 0 amide bonds. The molecule has 2 aromatic rings. The van der Waals surface area contributed by atoms with E-state index in [1.165, 1.54) is 0 Å². The highest BCUT2D eigenvalue weighted by Gasteiger charge is 2.20. The summed E-state index contributed by atoms with van der Waals surface area (Å²) in [5.74, 6) is 0.588. The number of hydrogen-bond donors (Lipinski definition) is 3. The van der Waals surface area contributed by atoms with Crippen LogP contribution in [0.25, 0.3) is 0 Å². The van der Waals surface area contributed by atoms with Gasteiger partial charge in [0, 0.05) is 60.9 Å². The van der Waals surface area contributed by atoms with Crippen LogP contribution in [0.3, 0.4) is 0 Å². The van der Waals surface area contributed by atoms with Crippen molar-refractivity contribution in [1.29, 1.82) is 0 Å². The minimum Gasteiger partial charge on any atom is -0.381 e. The van der Waals surface area contributed by atoms with E-state index < -0.39 is 6.23 Å². The fourth-order valence-corrected chi connectivity index (χ4v) is 4.41. The number of benzene rings is 1. The van der Waals surface area contributed by atoms with Crippen LogP contribution >= 0.6 is 11.6 Å². The van der Waals surface area contributed by atoms with Gasteiger partial charge in [-0.1, -0.05) is 11.6 Å². The molecule has 0 saturated carbocycles. The monoisotopic (exact) mass is 433 g/mol. The number of pyridine rings is 1. The van der Waals surface area contributed by atoms with E-state index >= 15 is 0 Å². The van der Waals surface area contributed by atoms with Gasteiger partial charge in [0.15, 0.2) is 0 Å². The SMILES string of the molecule is Cc1cc(C)c(CNC(O)c2cc(Cl)cc(N(C)CC3CCOCC3)c2C)c(=O)[nH]1. The highest BCUT2D eigenvalue weighted by molar-refractivity contribution is 6.31. The Morgan fingerprint density at radius 2 is 1.97 bits per heavy atom. The van der Waals surface area contributed by atoms with Crippen LogP contribution < -0.4 is 15.8 Å². The van der Waals surface area contributed by atoms with Gasteiger partial charge in [-0.15, -0.1) is 0 Å². The molecule has 7 heteroatoms. The van der Waals surface area contributed by atoms with E-state index in [-0.39, 0.29) is 12.1 Å². The third-order valence-corrected chi connectivity index (χ3v) is 6.15. The molecule has 6 nitrogen and oxygen atoms in total. The van der Waals surface area contributed by atoms with Crippen molar-refractivity contribution >= 4 is 17.3 Å². The molecule has 3 rings (SSSR count). The fraction of sp³-hybridized carbons (Fsp3) is 0.522. The van der Waals surface area contributed by atoms with Crippen molar-refractivity contribution in [1.82, 2.24) is 10.3 Å². The second kappa shape index (κ2) is 9.96. The number of anilines is 1. The normalized spacial score (nSPS) is 15.9. The quantitative estimate of drug-likeness (QED) is 0.581. The molecule has 0 radical (unpaired) electrons. The Balaban J connectivity index is 1.76. The fourth-order valence-electron chi connectivity index (χ4n) is 4.19. The lowest BCUT2D eigenvalue weighted by Gasteiger charge is -2.30. The molecule has 0 bridgehead atoms. The van der Waals surface area contributed by atoms with E-state index in [0.717, 1.165) is 60.7 Å². The minimum absolute atomic E-state index is 0.133. The Bertz CT molecular complexity index is 938. The Kier molecular flexibility index (Phi) is 7.58. The molecule has 1 aliphatic rings. The van der Waals surface area contributed by atoms with Crippen LogP contribution in [0.15, 0.2) is 23.0 Å². The summed E-state index contributed by atoms with van der Waals surface area (Å²) in [5, 5.41) is 14.5. The summed E-state index contributed by atoms with van der Waals surface area (Å²) in [6, 6.07) is 5.66. The lowest BCUT2D eigenvalue weighted by Crippen LogP contribution is -2.30.